The summed E-state index contributed by atoms with van der Waals surface area (Å²) in [5.74, 6) is 0.577. The van der Waals surface area contributed by atoms with Crippen molar-refractivity contribution in [2.75, 3.05) is 7.11 Å². The van der Waals surface area contributed by atoms with Crippen molar-refractivity contribution in [3.8, 4) is 5.75 Å². The molecule has 2 rings (SSSR count). The predicted molar refractivity (Wildman–Crippen MR) is 68.8 cm³/mol. The third-order valence-corrected chi connectivity index (χ3v) is 3.19. The molecule has 6 heteroatoms. The van der Waals surface area contributed by atoms with Gasteiger partial charge in [0.2, 0.25) is 0 Å². The molecule has 0 amide bonds. The van der Waals surface area contributed by atoms with Crippen LogP contribution in [0.5, 0.6) is 5.75 Å². The summed E-state index contributed by atoms with van der Waals surface area (Å²) in [6.45, 7) is 2.09. The average molecular weight is 299 g/mol. The number of fused-ring (bicyclic) bond motifs is 1. The SMILES string of the molecule is CCn1c(=O)[nH]c2cc(OC)cc(Br)c2c1=O. The molecule has 0 aliphatic heterocycles. The fourth-order valence-corrected chi connectivity index (χ4v) is 2.32. The summed E-state index contributed by atoms with van der Waals surface area (Å²) in [6.07, 6.45) is 0. The van der Waals surface area contributed by atoms with Gasteiger partial charge in [-0.1, -0.05) is 0 Å². The van der Waals surface area contributed by atoms with Crippen LogP contribution in [0, 0.1) is 0 Å². The van der Waals surface area contributed by atoms with Crippen molar-refractivity contribution in [1.82, 2.24) is 9.55 Å². The summed E-state index contributed by atoms with van der Waals surface area (Å²) in [4.78, 5) is 26.4. The van der Waals surface area contributed by atoms with E-state index in [2.05, 4.69) is 20.9 Å². The van der Waals surface area contributed by atoms with Gasteiger partial charge in [0, 0.05) is 17.1 Å². The van der Waals surface area contributed by atoms with Crippen LogP contribution < -0.4 is 16.0 Å². The lowest BCUT2D eigenvalue weighted by Gasteiger charge is -2.07. The number of hydrogen-bond donors (Lipinski definition) is 1. The van der Waals surface area contributed by atoms with Gasteiger partial charge in [-0.2, -0.15) is 0 Å². The Labute approximate surface area is 105 Å². The Bertz CT molecular complexity index is 687. The lowest BCUT2D eigenvalue weighted by atomic mass is 10.2. The fourth-order valence-electron chi connectivity index (χ4n) is 1.71. The van der Waals surface area contributed by atoms with Crippen LogP contribution in [0.4, 0.5) is 0 Å². The second-order valence-electron chi connectivity index (χ2n) is 3.51. The van der Waals surface area contributed by atoms with Gasteiger partial charge in [0.15, 0.2) is 0 Å². The van der Waals surface area contributed by atoms with Crippen molar-refractivity contribution in [3.05, 3.63) is 37.4 Å². The maximum absolute atomic E-state index is 12.1. The van der Waals surface area contributed by atoms with Crippen molar-refractivity contribution in [2.45, 2.75) is 13.5 Å². The second kappa shape index (κ2) is 4.37. The van der Waals surface area contributed by atoms with Crippen molar-refractivity contribution in [2.24, 2.45) is 0 Å². The number of aromatic nitrogens is 2. The molecular weight excluding hydrogens is 288 g/mol. The molecule has 5 nitrogen and oxygen atoms in total. The first kappa shape index (κ1) is 11.9. The van der Waals surface area contributed by atoms with Gasteiger partial charge >= 0.3 is 5.69 Å². The molecule has 1 heterocycles. The minimum absolute atomic E-state index is 0.305. The first-order valence-electron chi connectivity index (χ1n) is 5.08. The van der Waals surface area contributed by atoms with Gasteiger partial charge in [0.1, 0.15) is 5.75 Å². The van der Waals surface area contributed by atoms with Crippen LogP contribution in [0.2, 0.25) is 0 Å². The molecule has 0 atom stereocenters. The van der Waals surface area contributed by atoms with E-state index in [1.807, 2.05) is 0 Å². The number of aromatic amines is 1. The van der Waals surface area contributed by atoms with E-state index in [0.29, 0.717) is 27.7 Å². The first-order chi connectivity index (χ1) is 8.08. The Hall–Kier alpha value is -1.56. The zero-order valence-corrected chi connectivity index (χ0v) is 11.0. The van der Waals surface area contributed by atoms with Crippen molar-refractivity contribution >= 4 is 26.8 Å². The van der Waals surface area contributed by atoms with Crippen LogP contribution >= 0.6 is 15.9 Å². The molecule has 0 bridgehead atoms. The number of nitrogens with one attached hydrogen (secondary N) is 1. The quantitative estimate of drug-likeness (QED) is 0.913. The molecule has 1 N–H and O–H groups in total. The van der Waals surface area contributed by atoms with Gasteiger partial charge in [-0.15, -0.1) is 0 Å². The molecule has 0 saturated heterocycles. The molecule has 0 spiro atoms. The summed E-state index contributed by atoms with van der Waals surface area (Å²) in [5.41, 5.74) is -0.248. The summed E-state index contributed by atoms with van der Waals surface area (Å²) in [6, 6.07) is 3.32. The number of benzene rings is 1. The minimum Gasteiger partial charge on any atom is -0.497 e. The van der Waals surface area contributed by atoms with E-state index < -0.39 is 5.69 Å². The third-order valence-electron chi connectivity index (χ3n) is 2.56. The van der Waals surface area contributed by atoms with Crippen molar-refractivity contribution in [1.29, 1.82) is 0 Å². The topological polar surface area (TPSA) is 64.1 Å². The van der Waals surface area contributed by atoms with Gasteiger partial charge in [-0.05, 0) is 28.9 Å². The number of hydrogen-bond acceptors (Lipinski definition) is 3. The molecule has 0 saturated carbocycles. The van der Waals surface area contributed by atoms with Crippen LogP contribution in [-0.2, 0) is 6.54 Å². The van der Waals surface area contributed by atoms with E-state index in [0.717, 1.165) is 4.57 Å². The predicted octanol–water partition coefficient (Wildman–Crippen LogP) is 1.48. The number of rotatable bonds is 2. The maximum atomic E-state index is 12.1. The molecule has 0 unspecified atom stereocenters. The molecule has 0 fully saturated rings. The number of halogens is 1. The Morgan fingerprint density at radius 1 is 1.41 bits per heavy atom. The molecule has 17 heavy (non-hydrogen) atoms. The molecule has 1 aromatic heterocycles. The number of methoxy groups -OCH3 is 1. The highest BCUT2D eigenvalue weighted by molar-refractivity contribution is 9.10. The Balaban J connectivity index is 2.97. The highest BCUT2D eigenvalue weighted by Crippen LogP contribution is 2.25. The third kappa shape index (κ3) is 1.88. The molecule has 0 radical (unpaired) electrons. The van der Waals surface area contributed by atoms with Crippen molar-refractivity contribution < 1.29 is 4.74 Å². The molecule has 0 aliphatic rings. The summed E-state index contributed by atoms with van der Waals surface area (Å²) in [7, 11) is 1.53. The summed E-state index contributed by atoms with van der Waals surface area (Å²) < 4.78 is 6.84. The van der Waals surface area contributed by atoms with E-state index >= 15 is 0 Å². The van der Waals surface area contributed by atoms with Crippen molar-refractivity contribution in [3.63, 3.8) is 0 Å². The molecular formula is C11H11BrN2O3. The average Bonchev–Trinajstić information content (AvgIpc) is 2.28. The van der Waals surface area contributed by atoms with Crippen LogP contribution in [0.15, 0.2) is 26.2 Å². The zero-order chi connectivity index (χ0) is 12.6. The summed E-state index contributed by atoms with van der Waals surface area (Å²) >= 11 is 3.31. The van der Waals surface area contributed by atoms with E-state index in [1.165, 1.54) is 7.11 Å². The van der Waals surface area contributed by atoms with Gasteiger partial charge < -0.3 is 9.72 Å². The first-order valence-corrected chi connectivity index (χ1v) is 5.88. The Morgan fingerprint density at radius 3 is 2.71 bits per heavy atom. The highest BCUT2D eigenvalue weighted by Gasteiger charge is 2.10. The second-order valence-corrected chi connectivity index (χ2v) is 4.37. The zero-order valence-electron chi connectivity index (χ0n) is 9.41. The van der Waals surface area contributed by atoms with E-state index in [1.54, 1.807) is 19.1 Å². The minimum atomic E-state index is -0.412. The summed E-state index contributed by atoms with van der Waals surface area (Å²) in [5, 5.41) is 0.451. The van der Waals surface area contributed by atoms with Crippen LogP contribution in [0.3, 0.4) is 0 Å². The monoisotopic (exact) mass is 298 g/mol. The van der Waals surface area contributed by atoms with Gasteiger partial charge in [0.05, 0.1) is 18.0 Å². The standard InChI is InChI=1S/C11H11BrN2O3/c1-3-14-10(15)9-7(12)4-6(17-2)5-8(9)13-11(14)16/h4-5H,3H2,1-2H3,(H,13,16). The molecule has 90 valence electrons. The molecule has 0 aliphatic carbocycles. The largest absolute Gasteiger partial charge is 0.497 e. The van der Waals surface area contributed by atoms with Gasteiger partial charge in [0.25, 0.3) is 5.56 Å². The van der Waals surface area contributed by atoms with E-state index in [9.17, 15) is 9.59 Å². The number of H-pyrrole nitrogens is 1. The van der Waals surface area contributed by atoms with Crippen LogP contribution in [0.1, 0.15) is 6.92 Å². The highest BCUT2D eigenvalue weighted by atomic mass is 79.9. The van der Waals surface area contributed by atoms with E-state index in [-0.39, 0.29) is 5.56 Å². The van der Waals surface area contributed by atoms with Crippen LogP contribution in [-0.4, -0.2) is 16.7 Å². The smallest absolute Gasteiger partial charge is 0.328 e. The molecule has 2 aromatic rings. The van der Waals surface area contributed by atoms with Gasteiger partial charge in [-0.25, -0.2) is 4.79 Å². The Kier molecular flexibility index (Phi) is 3.06. The lowest BCUT2D eigenvalue weighted by Crippen LogP contribution is -2.34. The normalized spacial score (nSPS) is 10.8. The fraction of sp³-hybridized carbons (Fsp3) is 0.273. The number of nitrogens with zero attached hydrogens (tertiary/aromatic N) is 1. The van der Waals surface area contributed by atoms with E-state index in [4.69, 9.17) is 4.74 Å². The molecule has 1 aromatic carbocycles. The van der Waals surface area contributed by atoms with Gasteiger partial charge in [-0.3, -0.25) is 9.36 Å². The Morgan fingerprint density at radius 2 is 2.12 bits per heavy atom. The number of ether oxygens (including phenoxy) is 1. The lowest BCUT2D eigenvalue weighted by molar-refractivity contribution is 0.415. The maximum Gasteiger partial charge on any atom is 0.328 e. The van der Waals surface area contributed by atoms with Crippen LogP contribution in [0.25, 0.3) is 10.9 Å².